The van der Waals surface area contributed by atoms with Crippen molar-refractivity contribution in [1.29, 1.82) is 0 Å². The second kappa shape index (κ2) is 9.66. The maximum atomic E-state index is 11.9. The molecule has 1 aliphatic rings. The standard InChI is InChI=1S/C16H32N4O2/c1-5-8-17-15(21)13(4)18-16(22)19-14-6-9-20(10-7-14)11-12(2)3/h12-14H,5-11H2,1-4H3,(H,17,21)(H2,18,19,22)/t13-/m1/s1. The van der Waals surface area contributed by atoms with Gasteiger partial charge in [0.1, 0.15) is 6.04 Å². The fourth-order valence-electron chi connectivity index (χ4n) is 2.67. The molecule has 0 unspecified atom stereocenters. The molecule has 0 aromatic carbocycles. The molecule has 1 fully saturated rings. The molecule has 6 heteroatoms. The van der Waals surface area contributed by atoms with E-state index in [1.165, 1.54) is 0 Å². The predicted molar refractivity (Wildman–Crippen MR) is 88.7 cm³/mol. The minimum absolute atomic E-state index is 0.135. The molecule has 0 radical (unpaired) electrons. The number of amides is 3. The van der Waals surface area contributed by atoms with E-state index in [9.17, 15) is 9.59 Å². The van der Waals surface area contributed by atoms with Crippen molar-refractivity contribution in [2.45, 2.75) is 59.0 Å². The third-order valence-corrected chi connectivity index (χ3v) is 3.84. The Kier molecular flexibility index (Phi) is 8.24. The number of urea groups is 1. The molecule has 3 amide bonds. The number of likely N-dealkylation sites (tertiary alicyclic amines) is 1. The van der Waals surface area contributed by atoms with Gasteiger partial charge in [-0.05, 0) is 32.1 Å². The molecular weight excluding hydrogens is 280 g/mol. The number of carbonyl (C=O) groups excluding carboxylic acids is 2. The Labute approximate surface area is 134 Å². The van der Waals surface area contributed by atoms with Crippen LogP contribution in [0.2, 0.25) is 0 Å². The Hall–Kier alpha value is -1.30. The molecule has 22 heavy (non-hydrogen) atoms. The van der Waals surface area contributed by atoms with Gasteiger partial charge in [0.05, 0.1) is 0 Å². The van der Waals surface area contributed by atoms with Crippen LogP contribution in [0.15, 0.2) is 0 Å². The highest BCUT2D eigenvalue weighted by Gasteiger charge is 2.22. The first kappa shape index (κ1) is 18.7. The predicted octanol–water partition coefficient (Wildman–Crippen LogP) is 1.32. The van der Waals surface area contributed by atoms with E-state index in [0.717, 1.165) is 38.9 Å². The van der Waals surface area contributed by atoms with Crippen molar-refractivity contribution in [3.63, 3.8) is 0 Å². The van der Waals surface area contributed by atoms with Crippen molar-refractivity contribution in [2.75, 3.05) is 26.2 Å². The van der Waals surface area contributed by atoms with E-state index in [2.05, 4.69) is 34.7 Å². The molecule has 0 aliphatic carbocycles. The quantitative estimate of drug-likeness (QED) is 0.664. The van der Waals surface area contributed by atoms with E-state index >= 15 is 0 Å². The van der Waals surface area contributed by atoms with Gasteiger partial charge in [0.2, 0.25) is 5.91 Å². The zero-order valence-electron chi connectivity index (χ0n) is 14.4. The Morgan fingerprint density at radius 2 is 1.82 bits per heavy atom. The zero-order valence-corrected chi connectivity index (χ0v) is 14.4. The summed E-state index contributed by atoms with van der Waals surface area (Å²) in [7, 11) is 0. The summed E-state index contributed by atoms with van der Waals surface area (Å²) in [6.07, 6.45) is 2.83. The molecule has 0 saturated carbocycles. The summed E-state index contributed by atoms with van der Waals surface area (Å²) >= 11 is 0. The van der Waals surface area contributed by atoms with Gasteiger partial charge in [-0.3, -0.25) is 4.79 Å². The first-order chi connectivity index (χ1) is 10.4. The van der Waals surface area contributed by atoms with Crippen LogP contribution in [0.3, 0.4) is 0 Å². The number of hydrogen-bond donors (Lipinski definition) is 3. The van der Waals surface area contributed by atoms with Gasteiger partial charge >= 0.3 is 6.03 Å². The van der Waals surface area contributed by atoms with Crippen LogP contribution in [0.1, 0.15) is 47.0 Å². The van der Waals surface area contributed by atoms with Crippen molar-refractivity contribution in [2.24, 2.45) is 5.92 Å². The highest BCUT2D eigenvalue weighted by Crippen LogP contribution is 2.11. The van der Waals surface area contributed by atoms with Gasteiger partial charge in [-0.1, -0.05) is 20.8 Å². The van der Waals surface area contributed by atoms with Gasteiger partial charge in [0, 0.05) is 32.2 Å². The van der Waals surface area contributed by atoms with Crippen molar-refractivity contribution >= 4 is 11.9 Å². The third-order valence-electron chi connectivity index (χ3n) is 3.84. The van der Waals surface area contributed by atoms with Crippen LogP contribution in [-0.4, -0.2) is 55.1 Å². The second-order valence-electron chi connectivity index (χ2n) is 6.60. The van der Waals surface area contributed by atoms with Crippen LogP contribution in [0.5, 0.6) is 0 Å². The number of hydrogen-bond acceptors (Lipinski definition) is 3. The summed E-state index contributed by atoms with van der Waals surface area (Å²) in [5.41, 5.74) is 0. The fourth-order valence-corrected chi connectivity index (χ4v) is 2.67. The molecule has 0 bridgehead atoms. The van der Waals surface area contributed by atoms with Crippen LogP contribution in [0.25, 0.3) is 0 Å². The molecule has 1 atom stereocenters. The molecule has 6 nitrogen and oxygen atoms in total. The Morgan fingerprint density at radius 3 is 2.36 bits per heavy atom. The summed E-state index contributed by atoms with van der Waals surface area (Å²) in [6.45, 7) is 12.0. The Bertz CT molecular complexity index is 352. The van der Waals surface area contributed by atoms with Gasteiger partial charge in [0.15, 0.2) is 0 Å². The van der Waals surface area contributed by atoms with Crippen LogP contribution in [0, 0.1) is 5.92 Å². The highest BCUT2D eigenvalue weighted by atomic mass is 16.2. The van der Waals surface area contributed by atoms with Crippen LogP contribution < -0.4 is 16.0 Å². The van der Waals surface area contributed by atoms with Crippen LogP contribution >= 0.6 is 0 Å². The molecule has 128 valence electrons. The number of piperidine rings is 1. The molecule has 0 aromatic rings. The third kappa shape index (κ3) is 7.11. The van der Waals surface area contributed by atoms with E-state index in [1.54, 1.807) is 6.92 Å². The first-order valence-corrected chi connectivity index (χ1v) is 8.49. The zero-order chi connectivity index (χ0) is 16.5. The molecule has 0 aromatic heterocycles. The summed E-state index contributed by atoms with van der Waals surface area (Å²) in [5.74, 6) is 0.541. The summed E-state index contributed by atoms with van der Waals surface area (Å²) < 4.78 is 0. The maximum absolute atomic E-state index is 11.9. The van der Waals surface area contributed by atoms with E-state index < -0.39 is 6.04 Å². The smallest absolute Gasteiger partial charge is 0.315 e. The average Bonchev–Trinajstić information content (AvgIpc) is 2.46. The van der Waals surface area contributed by atoms with E-state index in [4.69, 9.17) is 0 Å². The van der Waals surface area contributed by atoms with E-state index in [0.29, 0.717) is 12.5 Å². The maximum Gasteiger partial charge on any atom is 0.315 e. The number of nitrogens with zero attached hydrogens (tertiary/aromatic N) is 1. The van der Waals surface area contributed by atoms with Gasteiger partial charge < -0.3 is 20.9 Å². The SMILES string of the molecule is CCCNC(=O)[C@@H](C)NC(=O)NC1CCN(CC(C)C)CC1. The number of nitrogens with one attached hydrogen (secondary N) is 3. The molecule has 1 heterocycles. The lowest BCUT2D eigenvalue weighted by molar-refractivity contribution is -0.122. The topological polar surface area (TPSA) is 73.5 Å². The minimum atomic E-state index is -0.507. The van der Waals surface area contributed by atoms with Crippen molar-refractivity contribution < 1.29 is 9.59 Å². The Morgan fingerprint density at radius 1 is 1.18 bits per heavy atom. The lowest BCUT2D eigenvalue weighted by atomic mass is 10.0. The first-order valence-electron chi connectivity index (χ1n) is 8.49. The second-order valence-corrected chi connectivity index (χ2v) is 6.60. The van der Waals surface area contributed by atoms with Crippen molar-refractivity contribution in [3.8, 4) is 0 Å². The lowest BCUT2D eigenvalue weighted by Gasteiger charge is -2.33. The Balaban J connectivity index is 2.24. The summed E-state index contributed by atoms with van der Waals surface area (Å²) in [5, 5.41) is 8.46. The summed E-state index contributed by atoms with van der Waals surface area (Å²) in [6, 6.07) is -0.552. The molecule has 3 N–H and O–H groups in total. The van der Waals surface area contributed by atoms with Gasteiger partial charge in [-0.2, -0.15) is 0 Å². The van der Waals surface area contributed by atoms with Gasteiger partial charge in [-0.15, -0.1) is 0 Å². The molecule has 1 saturated heterocycles. The monoisotopic (exact) mass is 312 g/mol. The molecule has 1 rings (SSSR count). The van der Waals surface area contributed by atoms with Crippen molar-refractivity contribution in [1.82, 2.24) is 20.9 Å². The highest BCUT2D eigenvalue weighted by molar-refractivity contribution is 5.86. The summed E-state index contributed by atoms with van der Waals surface area (Å²) in [4.78, 5) is 26.1. The largest absolute Gasteiger partial charge is 0.354 e. The fraction of sp³-hybridized carbons (Fsp3) is 0.875. The van der Waals surface area contributed by atoms with Crippen molar-refractivity contribution in [3.05, 3.63) is 0 Å². The molecular formula is C16H32N4O2. The molecule has 1 aliphatic heterocycles. The van der Waals surface area contributed by atoms with Gasteiger partial charge in [0.25, 0.3) is 0 Å². The van der Waals surface area contributed by atoms with Crippen LogP contribution in [0.4, 0.5) is 4.79 Å². The van der Waals surface area contributed by atoms with Gasteiger partial charge in [-0.25, -0.2) is 4.79 Å². The number of rotatable bonds is 7. The molecule has 0 spiro atoms. The van der Waals surface area contributed by atoms with Crippen LogP contribution in [-0.2, 0) is 4.79 Å². The van der Waals surface area contributed by atoms with E-state index in [-0.39, 0.29) is 18.0 Å². The normalized spacial score (nSPS) is 18.0. The van der Waals surface area contributed by atoms with E-state index in [1.807, 2.05) is 6.92 Å². The minimum Gasteiger partial charge on any atom is -0.354 e. The number of carbonyl (C=O) groups is 2. The average molecular weight is 312 g/mol. The lowest BCUT2D eigenvalue weighted by Crippen LogP contribution is -2.52.